The van der Waals surface area contributed by atoms with E-state index in [-0.39, 0.29) is 5.88 Å². The van der Waals surface area contributed by atoms with E-state index in [1.165, 1.54) is 0 Å². The standard InChI is InChI=1S/C12H16ClN3O2/c1-7(17)12-15-10-3-2-8(4-11(10)16-12)14-6-9(18)5-13/h2-4,7,9,14,17-18H,5-6H2,1H3,(H,15,16). The molecule has 1 heterocycles. The first-order chi connectivity index (χ1) is 8.60. The number of aromatic nitrogens is 2. The molecule has 0 amide bonds. The number of anilines is 1. The summed E-state index contributed by atoms with van der Waals surface area (Å²) in [5.41, 5.74) is 2.51. The van der Waals surface area contributed by atoms with Crippen molar-refractivity contribution in [3.63, 3.8) is 0 Å². The van der Waals surface area contributed by atoms with E-state index in [9.17, 15) is 10.2 Å². The molecule has 0 aliphatic carbocycles. The number of hydrogen-bond acceptors (Lipinski definition) is 4. The second kappa shape index (κ2) is 5.56. The Morgan fingerprint density at radius 1 is 1.44 bits per heavy atom. The highest BCUT2D eigenvalue weighted by molar-refractivity contribution is 6.18. The number of halogens is 1. The third-order valence-electron chi connectivity index (χ3n) is 2.62. The third kappa shape index (κ3) is 2.93. The Labute approximate surface area is 110 Å². The molecule has 98 valence electrons. The molecule has 0 fully saturated rings. The lowest BCUT2D eigenvalue weighted by Crippen LogP contribution is -2.20. The minimum absolute atomic E-state index is 0.200. The molecule has 1 aromatic carbocycles. The van der Waals surface area contributed by atoms with Gasteiger partial charge in [-0.3, -0.25) is 0 Å². The SMILES string of the molecule is CC(O)c1nc2ccc(NCC(O)CCl)cc2[nH]1. The van der Waals surface area contributed by atoms with Crippen molar-refractivity contribution in [2.24, 2.45) is 0 Å². The molecule has 0 radical (unpaired) electrons. The van der Waals surface area contributed by atoms with Crippen molar-refractivity contribution < 1.29 is 10.2 Å². The number of alkyl halides is 1. The first kappa shape index (κ1) is 13.1. The second-order valence-corrected chi connectivity index (χ2v) is 4.53. The zero-order valence-electron chi connectivity index (χ0n) is 10.0. The summed E-state index contributed by atoms with van der Waals surface area (Å²) in [6, 6.07) is 5.61. The summed E-state index contributed by atoms with van der Waals surface area (Å²) in [4.78, 5) is 7.31. The molecule has 18 heavy (non-hydrogen) atoms. The Kier molecular flexibility index (Phi) is 4.06. The number of aromatic amines is 1. The summed E-state index contributed by atoms with van der Waals surface area (Å²) in [5, 5.41) is 21.9. The van der Waals surface area contributed by atoms with Crippen LogP contribution in [-0.2, 0) is 0 Å². The van der Waals surface area contributed by atoms with E-state index in [1.54, 1.807) is 6.92 Å². The fourth-order valence-corrected chi connectivity index (χ4v) is 1.74. The van der Waals surface area contributed by atoms with E-state index in [0.717, 1.165) is 16.7 Å². The number of nitrogens with zero attached hydrogens (tertiary/aromatic N) is 1. The average molecular weight is 270 g/mol. The molecule has 2 rings (SSSR count). The van der Waals surface area contributed by atoms with Gasteiger partial charge in [-0.1, -0.05) is 0 Å². The van der Waals surface area contributed by atoms with Crippen LogP contribution in [0.4, 0.5) is 5.69 Å². The Bertz CT molecular complexity index is 527. The topological polar surface area (TPSA) is 81.2 Å². The maximum Gasteiger partial charge on any atom is 0.135 e. The molecule has 2 aromatic rings. The van der Waals surface area contributed by atoms with Gasteiger partial charge in [0.15, 0.2) is 0 Å². The molecule has 6 heteroatoms. The Morgan fingerprint density at radius 2 is 2.22 bits per heavy atom. The third-order valence-corrected chi connectivity index (χ3v) is 2.97. The van der Waals surface area contributed by atoms with Crippen LogP contribution < -0.4 is 5.32 Å². The van der Waals surface area contributed by atoms with Crippen LogP contribution in [-0.4, -0.2) is 38.7 Å². The number of aliphatic hydroxyl groups excluding tert-OH is 2. The van der Waals surface area contributed by atoms with Crippen molar-refractivity contribution in [2.45, 2.75) is 19.1 Å². The Balaban J connectivity index is 2.16. The van der Waals surface area contributed by atoms with Gasteiger partial charge in [-0.25, -0.2) is 4.98 Å². The zero-order chi connectivity index (χ0) is 13.1. The minimum Gasteiger partial charge on any atom is -0.390 e. The summed E-state index contributed by atoms with van der Waals surface area (Å²) < 4.78 is 0. The number of nitrogens with one attached hydrogen (secondary N) is 2. The van der Waals surface area contributed by atoms with Gasteiger partial charge in [-0.2, -0.15) is 0 Å². The summed E-state index contributed by atoms with van der Waals surface area (Å²) in [5.74, 6) is 0.744. The van der Waals surface area contributed by atoms with E-state index >= 15 is 0 Å². The molecule has 2 atom stereocenters. The minimum atomic E-state index is -0.619. The molecule has 0 spiro atoms. The van der Waals surface area contributed by atoms with Crippen molar-refractivity contribution in [1.29, 1.82) is 0 Å². The summed E-state index contributed by atoms with van der Waals surface area (Å²) in [6.07, 6.45) is -1.19. The number of H-pyrrole nitrogens is 1. The van der Waals surface area contributed by atoms with Gasteiger partial charge in [0.2, 0.25) is 0 Å². The monoisotopic (exact) mass is 269 g/mol. The number of fused-ring (bicyclic) bond motifs is 1. The molecule has 0 bridgehead atoms. The number of imidazole rings is 1. The van der Waals surface area contributed by atoms with Gasteiger partial charge in [-0.15, -0.1) is 11.6 Å². The maximum atomic E-state index is 9.45. The van der Waals surface area contributed by atoms with Crippen molar-refractivity contribution in [3.05, 3.63) is 24.0 Å². The van der Waals surface area contributed by atoms with Gasteiger partial charge in [-0.05, 0) is 25.1 Å². The van der Waals surface area contributed by atoms with Gasteiger partial charge >= 0.3 is 0 Å². The van der Waals surface area contributed by atoms with Crippen LogP contribution in [0.25, 0.3) is 11.0 Å². The Morgan fingerprint density at radius 3 is 2.89 bits per heavy atom. The van der Waals surface area contributed by atoms with Crippen LogP contribution in [0.2, 0.25) is 0 Å². The van der Waals surface area contributed by atoms with Gasteiger partial charge in [0, 0.05) is 12.2 Å². The fourth-order valence-electron chi connectivity index (χ4n) is 1.63. The molecule has 0 aliphatic heterocycles. The smallest absolute Gasteiger partial charge is 0.135 e. The van der Waals surface area contributed by atoms with Crippen LogP contribution in [0, 0.1) is 0 Å². The molecule has 1 aromatic heterocycles. The van der Waals surface area contributed by atoms with Crippen molar-refractivity contribution in [3.8, 4) is 0 Å². The lowest BCUT2D eigenvalue weighted by molar-refractivity contribution is 0.190. The molecule has 2 unspecified atom stereocenters. The molecular weight excluding hydrogens is 254 g/mol. The van der Waals surface area contributed by atoms with E-state index in [4.69, 9.17) is 11.6 Å². The van der Waals surface area contributed by atoms with Crippen LogP contribution in [0.3, 0.4) is 0 Å². The highest BCUT2D eigenvalue weighted by Crippen LogP contribution is 2.19. The molecule has 0 aliphatic rings. The van der Waals surface area contributed by atoms with Crippen LogP contribution in [0.15, 0.2) is 18.2 Å². The lowest BCUT2D eigenvalue weighted by Gasteiger charge is -2.09. The predicted molar refractivity (Wildman–Crippen MR) is 71.9 cm³/mol. The number of aliphatic hydroxyl groups is 2. The summed E-state index contributed by atoms with van der Waals surface area (Å²) in [7, 11) is 0. The largest absolute Gasteiger partial charge is 0.390 e. The van der Waals surface area contributed by atoms with Crippen molar-refractivity contribution >= 4 is 28.3 Å². The zero-order valence-corrected chi connectivity index (χ0v) is 10.8. The molecule has 4 N–H and O–H groups in total. The van der Waals surface area contributed by atoms with Crippen molar-refractivity contribution in [2.75, 3.05) is 17.7 Å². The van der Waals surface area contributed by atoms with E-state index in [2.05, 4.69) is 15.3 Å². The number of hydrogen-bond donors (Lipinski definition) is 4. The predicted octanol–water partition coefficient (Wildman–Crippen LogP) is 1.63. The van der Waals surface area contributed by atoms with Gasteiger partial charge in [0.05, 0.1) is 23.0 Å². The van der Waals surface area contributed by atoms with Gasteiger partial charge < -0.3 is 20.5 Å². The van der Waals surface area contributed by atoms with Crippen molar-refractivity contribution in [1.82, 2.24) is 9.97 Å². The number of benzene rings is 1. The molecule has 0 saturated heterocycles. The maximum absolute atomic E-state index is 9.45. The lowest BCUT2D eigenvalue weighted by atomic mass is 10.2. The first-order valence-corrected chi connectivity index (χ1v) is 6.29. The highest BCUT2D eigenvalue weighted by atomic mass is 35.5. The Hall–Kier alpha value is -1.30. The fraction of sp³-hybridized carbons (Fsp3) is 0.417. The first-order valence-electron chi connectivity index (χ1n) is 5.75. The summed E-state index contributed by atoms with van der Waals surface area (Å²) in [6.45, 7) is 2.06. The normalized spacial score (nSPS) is 14.7. The van der Waals surface area contributed by atoms with Crippen LogP contribution in [0.5, 0.6) is 0 Å². The second-order valence-electron chi connectivity index (χ2n) is 4.22. The molecular formula is C12H16ClN3O2. The highest BCUT2D eigenvalue weighted by Gasteiger charge is 2.08. The van der Waals surface area contributed by atoms with E-state index < -0.39 is 12.2 Å². The van der Waals surface area contributed by atoms with Gasteiger partial charge in [0.1, 0.15) is 11.9 Å². The quantitative estimate of drug-likeness (QED) is 0.622. The number of rotatable bonds is 5. The molecule has 5 nitrogen and oxygen atoms in total. The van der Waals surface area contributed by atoms with E-state index in [0.29, 0.717) is 12.4 Å². The average Bonchev–Trinajstić information content (AvgIpc) is 2.79. The van der Waals surface area contributed by atoms with Crippen LogP contribution in [0.1, 0.15) is 18.9 Å². The van der Waals surface area contributed by atoms with E-state index in [1.807, 2.05) is 18.2 Å². The van der Waals surface area contributed by atoms with Crippen LogP contribution >= 0.6 is 11.6 Å². The summed E-state index contributed by atoms with van der Waals surface area (Å²) >= 11 is 5.52. The molecule has 0 saturated carbocycles. The van der Waals surface area contributed by atoms with Gasteiger partial charge in [0.25, 0.3) is 0 Å².